The Kier molecular flexibility index (Phi) is 17.3. The molecule has 0 aromatic carbocycles. The van der Waals surface area contributed by atoms with Crippen LogP contribution >= 0.6 is 46.4 Å². The summed E-state index contributed by atoms with van der Waals surface area (Å²) in [7, 11) is 0. The Morgan fingerprint density at radius 2 is 1.57 bits per heavy atom. The van der Waals surface area contributed by atoms with E-state index in [1.165, 1.54) is 38.5 Å². The summed E-state index contributed by atoms with van der Waals surface area (Å²) in [6.07, 6.45) is 0.631. The van der Waals surface area contributed by atoms with Crippen molar-refractivity contribution in [2.75, 3.05) is 18.4 Å². The number of hydrogen-bond donors (Lipinski definition) is 5. The Bertz CT molecular complexity index is 647. The lowest BCUT2D eigenvalue weighted by atomic mass is 10.0. The quantitative estimate of drug-likeness (QED) is 0.113. The van der Waals surface area contributed by atoms with Crippen molar-refractivity contribution in [3.05, 3.63) is 0 Å². The molecule has 2 saturated heterocycles. The minimum atomic E-state index is -1.90. The smallest absolute Gasteiger partial charge is 0.224 e. The SMILES string of the molecule is CCCCCCCCCC(C)C(=O)Cl.OCC1O[C@H](O[C@@]2(CCl)O[C@H](CCl)C(O)[C@H]2O)C(O)[C@@H](O)[C@H]1Cl. The molecule has 9 nitrogen and oxygen atoms in total. The van der Waals surface area contributed by atoms with Gasteiger partial charge in [-0.3, -0.25) is 4.79 Å². The molecule has 0 spiro atoms. The zero-order chi connectivity index (χ0) is 28.2. The Labute approximate surface area is 239 Å². The van der Waals surface area contributed by atoms with E-state index in [0.29, 0.717) is 0 Å². The minimum Gasteiger partial charge on any atom is -0.394 e. The average Bonchev–Trinajstić information content (AvgIpc) is 3.13. The van der Waals surface area contributed by atoms with Crippen LogP contribution in [-0.2, 0) is 19.0 Å². The Morgan fingerprint density at radius 1 is 0.973 bits per heavy atom. The van der Waals surface area contributed by atoms with Gasteiger partial charge < -0.3 is 39.7 Å². The fraction of sp³-hybridized carbons (Fsp3) is 0.958. The van der Waals surface area contributed by atoms with Crippen LogP contribution in [0.2, 0.25) is 0 Å². The van der Waals surface area contributed by atoms with Crippen LogP contribution in [0, 0.1) is 5.92 Å². The predicted octanol–water partition coefficient (Wildman–Crippen LogP) is 2.87. The van der Waals surface area contributed by atoms with E-state index in [2.05, 4.69) is 6.92 Å². The van der Waals surface area contributed by atoms with Crippen molar-refractivity contribution < 1.29 is 44.5 Å². The first kappa shape index (κ1) is 35.5. The monoisotopic (exact) mass is 614 g/mol. The van der Waals surface area contributed by atoms with Crippen LogP contribution in [0.15, 0.2) is 0 Å². The number of aliphatic hydroxyl groups excluding tert-OH is 5. The van der Waals surface area contributed by atoms with Gasteiger partial charge in [0, 0.05) is 5.92 Å². The highest BCUT2D eigenvalue weighted by Crippen LogP contribution is 2.38. The molecule has 0 saturated carbocycles. The van der Waals surface area contributed by atoms with Crippen molar-refractivity contribution >= 4 is 51.6 Å². The number of rotatable bonds is 14. The summed E-state index contributed by atoms with van der Waals surface area (Å²) in [5.41, 5.74) is 0. The van der Waals surface area contributed by atoms with Gasteiger partial charge in [0.15, 0.2) is 6.29 Å². The van der Waals surface area contributed by atoms with Gasteiger partial charge in [-0.2, -0.15) is 0 Å². The van der Waals surface area contributed by atoms with Gasteiger partial charge in [-0.1, -0.05) is 58.8 Å². The lowest BCUT2D eigenvalue weighted by Gasteiger charge is -2.43. The second-order valence-electron chi connectivity index (χ2n) is 9.58. The van der Waals surface area contributed by atoms with Gasteiger partial charge in [-0.05, 0) is 18.0 Å². The largest absolute Gasteiger partial charge is 0.394 e. The Balaban J connectivity index is 0.000000422. The molecule has 0 aromatic rings. The number of carbonyl (C=O) groups excluding carboxylic acids is 1. The molecule has 2 fully saturated rings. The topological polar surface area (TPSA) is 146 Å². The average molecular weight is 616 g/mol. The fourth-order valence-corrected chi connectivity index (χ4v) is 5.00. The zero-order valence-electron chi connectivity index (χ0n) is 21.4. The molecule has 13 heteroatoms. The van der Waals surface area contributed by atoms with Gasteiger partial charge >= 0.3 is 0 Å². The van der Waals surface area contributed by atoms with Crippen molar-refractivity contribution in [2.24, 2.45) is 5.92 Å². The molecule has 0 aromatic heterocycles. The van der Waals surface area contributed by atoms with E-state index in [1.54, 1.807) is 0 Å². The lowest BCUT2D eigenvalue weighted by Crippen LogP contribution is -2.61. The van der Waals surface area contributed by atoms with Gasteiger partial charge in [0.2, 0.25) is 11.0 Å². The molecule has 2 aliphatic rings. The van der Waals surface area contributed by atoms with Gasteiger partial charge in [-0.15, -0.1) is 34.8 Å². The number of hydrogen-bond acceptors (Lipinski definition) is 9. The molecule has 0 amide bonds. The molecule has 0 aliphatic carbocycles. The third kappa shape index (κ3) is 10.4. The lowest BCUT2D eigenvalue weighted by molar-refractivity contribution is -0.357. The summed E-state index contributed by atoms with van der Waals surface area (Å²) < 4.78 is 16.1. The van der Waals surface area contributed by atoms with Crippen LogP contribution in [0.1, 0.15) is 65.2 Å². The minimum absolute atomic E-state index is 0.0484. The second kappa shape index (κ2) is 18.0. The van der Waals surface area contributed by atoms with E-state index < -0.39 is 66.6 Å². The predicted molar refractivity (Wildman–Crippen MR) is 142 cm³/mol. The van der Waals surface area contributed by atoms with Gasteiger partial charge in [0.1, 0.15) is 36.6 Å². The summed E-state index contributed by atoms with van der Waals surface area (Å²) in [6.45, 7) is 3.61. The van der Waals surface area contributed by atoms with Gasteiger partial charge in [-0.25, -0.2) is 0 Å². The zero-order valence-corrected chi connectivity index (χ0v) is 24.4. The second-order valence-corrected chi connectivity index (χ2v) is 11.0. The third-order valence-corrected chi connectivity index (χ3v) is 8.18. The van der Waals surface area contributed by atoms with Crippen molar-refractivity contribution in [3.63, 3.8) is 0 Å². The van der Waals surface area contributed by atoms with Crippen LogP contribution in [0.3, 0.4) is 0 Å². The van der Waals surface area contributed by atoms with Crippen molar-refractivity contribution in [1.82, 2.24) is 0 Å². The first-order chi connectivity index (χ1) is 17.5. The van der Waals surface area contributed by atoms with Crippen LogP contribution < -0.4 is 0 Å². The van der Waals surface area contributed by atoms with E-state index in [4.69, 9.17) is 60.6 Å². The number of carbonyl (C=O) groups is 1. The van der Waals surface area contributed by atoms with Crippen LogP contribution in [0.4, 0.5) is 0 Å². The standard InChI is InChI=1S/C12H19Cl3O8.C12H23ClO/c13-1-4-7(17)10(20)12(3-14,22-4)23-11-9(19)8(18)6(15)5(2-16)21-11;1-3-4-5-6-7-8-9-10-11(2)12(13)14/h4-11,16-20H,1-3H2;11H,3-10H2,1-2H3/t4-,5?,6+,7?,8+,9?,10-,11-,12-;/m1./s1. The summed E-state index contributed by atoms with van der Waals surface area (Å²) in [5, 5.41) is 48.0. The van der Waals surface area contributed by atoms with Crippen molar-refractivity contribution in [2.45, 2.75) is 119 Å². The number of halogens is 4. The number of unbranched alkanes of at least 4 members (excludes halogenated alkanes) is 6. The third-order valence-electron chi connectivity index (χ3n) is 6.59. The van der Waals surface area contributed by atoms with Crippen LogP contribution in [-0.4, -0.2) is 103 Å². The summed E-state index contributed by atoms with van der Waals surface area (Å²) >= 11 is 22.7. The van der Waals surface area contributed by atoms with E-state index in [-0.39, 0.29) is 17.0 Å². The number of alkyl halides is 3. The molecule has 0 radical (unpaired) electrons. The van der Waals surface area contributed by atoms with Gasteiger partial charge in [0.05, 0.1) is 23.7 Å². The van der Waals surface area contributed by atoms with Crippen molar-refractivity contribution in [3.8, 4) is 0 Å². The van der Waals surface area contributed by atoms with E-state index >= 15 is 0 Å². The highest BCUT2D eigenvalue weighted by Gasteiger charge is 2.58. The summed E-state index contributed by atoms with van der Waals surface area (Å²) in [4.78, 5) is 10.7. The Hall–Kier alpha value is 0.510. The molecule has 2 heterocycles. The molecule has 5 N–H and O–H groups in total. The molecule has 2 aliphatic heterocycles. The first-order valence-electron chi connectivity index (χ1n) is 12.8. The maximum atomic E-state index is 10.7. The number of aliphatic hydroxyl groups is 5. The van der Waals surface area contributed by atoms with Crippen LogP contribution in [0.25, 0.3) is 0 Å². The molecular weight excluding hydrogens is 574 g/mol. The molecular formula is C24H42Cl4O9. The molecule has 10 atom stereocenters. The molecule has 0 bridgehead atoms. The molecule has 220 valence electrons. The summed E-state index contributed by atoms with van der Waals surface area (Å²) in [5.74, 6) is -2.38. The molecule has 2 rings (SSSR count). The number of ether oxygens (including phenoxy) is 3. The highest BCUT2D eigenvalue weighted by atomic mass is 35.5. The normalized spacial score (nSPS) is 36.6. The van der Waals surface area contributed by atoms with E-state index in [9.17, 15) is 30.3 Å². The fourth-order valence-electron chi connectivity index (χ4n) is 4.08. The molecule has 4 unspecified atom stereocenters. The van der Waals surface area contributed by atoms with Crippen LogP contribution in [0.5, 0.6) is 0 Å². The van der Waals surface area contributed by atoms with Gasteiger partial charge in [0.25, 0.3) is 0 Å². The van der Waals surface area contributed by atoms with E-state index in [0.717, 1.165) is 12.8 Å². The highest BCUT2D eigenvalue weighted by molar-refractivity contribution is 6.63. The van der Waals surface area contributed by atoms with E-state index in [1.807, 2.05) is 6.92 Å². The maximum Gasteiger partial charge on any atom is 0.224 e. The van der Waals surface area contributed by atoms with Crippen molar-refractivity contribution in [1.29, 1.82) is 0 Å². The molecule has 37 heavy (non-hydrogen) atoms. The summed E-state index contributed by atoms with van der Waals surface area (Å²) in [6, 6.07) is 0. The first-order valence-corrected chi connectivity index (χ1v) is 14.7. The maximum absolute atomic E-state index is 10.7. The Morgan fingerprint density at radius 3 is 2.05 bits per heavy atom.